The molecule has 6 heteroatoms. The first kappa shape index (κ1) is 17.8. The van der Waals surface area contributed by atoms with Crippen molar-refractivity contribution in [2.75, 3.05) is 13.1 Å². The van der Waals surface area contributed by atoms with Crippen LogP contribution < -0.4 is 5.43 Å². The van der Waals surface area contributed by atoms with E-state index in [1.54, 1.807) is 18.6 Å². The lowest BCUT2D eigenvalue weighted by atomic mass is 9.96. The van der Waals surface area contributed by atoms with E-state index in [4.69, 9.17) is 0 Å². The average molecular weight is 401 g/mol. The van der Waals surface area contributed by atoms with Crippen LogP contribution in [0.3, 0.4) is 0 Å². The Bertz CT molecular complexity index is 710. The molecule has 1 aliphatic rings. The number of carbonyl (C=O) groups is 1. The molecule has 0 aliphatic carbocycles. The quantitative estimate of drug-likeness (QED) is 0.619. The van der Waals surface area contributed by atoms with Gasteiger partial charge in [0, 0.05) is 34.9 Å². The lowest BCUT2D eigenvalue weighted by molar-refractivity contribution is -0.126. The molecule has 1 saturated heterocycles. The van der Waals surface area contributed by atoms with Gasteiger partial charge < -0.3 is 0 Å². The number of aromatic nitrogens is 1. The van der Waals surface area contributed by atoms with Gasteiger partial charge in [-0.05, 0) is 49.7 Å². The summed E-state index contributed by atoms with van der Waals surface area (Å²) in [6, 6.07) is 12.1. The van der Waals surface area contributed by atoms with Gasteiger partial charge in [-0.15, -0.1) is 0 Å². The maximum atomic E-state index is 12.2. The van der Waals surface area contributed by atoms with Crippen LogP contribution >= 0.6 is 15.9 Å². The second-order valence-electron chi connectivity index (χ2n) is 6.20. The van der Waals surface area contributed by atoms with Crippen molar-refractivity contribution in [1.29, 1.82) is 0 Å². The van der Waals surface area contributed by atoms with E-state index in [1.807, 2.05) is 12.1 Å². The molecular formula is C19H21BrN4O. The van der Waals surface area contributed by atoms with E-state index in [0.717, 1.165) is 42.5 Å². The fourth-order valence-electron chi connectivity index (χ4n) is 2.92. The van der Waals surface area contributed by atoms with Gasteiger partial charge in [0.1, 0.15) is 0 Å². The monoisotopic (exact) mass is 400 g/mol. The average Bonchev–Trinajstić information content (AvgIpc) is 2.65. The number of pyridine rings is 1. The van der Waals surface area contributed by atoms with Gasteiger partial charge in [0.2, 0.25) is 5.91 Å². The van der Waals surface area contributed by atoms with Crippen molar-refractivity contribution in [3.8, 4) is 0 Å². The van der Waals surface area contributed by atoms with Crippen LogP contribution in [-0.4, -0.2) is 35.1 Å². The second-order valence-corrected chi connectivity index (χ2v) is 7.11. The van der Waals surface area contributed by atoms with Gasteiger partial charge in [0.05, 0.1) is 6.21 Å². The van der Waals surface area contributed by atoms with Crippen molar-refractivity contribution in [3.05, 3.63) is 64.4 Å². The Labute approximate surface area is 156 Å². The van der Waals surface area contributed by atoms with Crippen molar-refractivity contribution >= 4 is 28.1 Å². The van der Waals surface area contributed by atoms with E-state index in [9.17, 15) is 4.79 Å². The summed E-state index contributed by atoms with van der Waals surface area (Å²) in [7, 11) is 0. The Hall–Kier alpha value is -2.05. The summed E-state index contributed by atoms with van der Waals surface area (Å²) in [4.78, 5) is 18.6. The summed E-state index contributed by atoms with van der Waals surface area (Å²) in [5, 5.41) is 4.03. The summed E-state index contributed by atoms with van der Waals surface area (Å²) < 4.78 is 1.10. The first-order valence-electron chi connectivity index (χ1n) is 8.40. The minimum Gasteiger partial charge on any atom is -0.299 e. The molecule has 2 aromatic rings. The zero-order valence-corrected chi connectivity index (χ0v) is 15.5. The van der Waals surface area contributed by atoms with E-state index >= 15 is 0 Å². The third-order valence-electron chi connectivity index (χ3n) is 4.35. The Morgan fingerprint density at radius 2 is 2.04 bits per heavy atom. The topological polar surface area (TPSA) is 57.6 Å². The minimum absolute atomic E-state index is 0.00318. The third-order valence-corrected chi connectivity index (χ3v) is 4.88. The Morgan fingerprint density at radius 3 is 2.72 bits per heavy atom. The van der Waals surface area contributed by atoms with Gasteiger partial charge in [-0.1, -0.05) is 34.1 Å². The fraction of sp³-hybridized carbons (Fsp3) is 0.316. The molecule has 0 bridgehead atoms. The highest BCUT2D eigenvalue weighted by atomic mass is 79.9. The number of nitrogens with zero attached hydrogens (tertiary/aromatic N) is 3. The van der Waals surface area contributed by atoms with Crippen LogP contribution in [0.25, 0.3) is 0 Å². The molecule has 0 saturated carbocycles. The highest BCUT2D eigenvalue weighted by molar-refractivity contribution is 9.10. The highest BCUT2D eigenvalue weighted by Crippen LogP contribution is 2.20. The molecule has 1 aromatic carbocycles. The Morgan fingerprint density at radius 1 is 1.28 bits per heavy atom. The molecule has 1 aliphatic heterocycles. The molecule has 1 aromatic heterocycles. The molecular weight excluding hydrogens is 380 g/mol. The first-order chi connectivity index (χ1) is 12.2. The van der Waals surface area contributed by atoms with Crippen molar-refractivity contribution < 1.29 is 4.79 Å². The SMILES string of the molecule is O=C(N/N=C/c1cccnc1)C1CCN(Cc2ccc(Br)cc2)CC1. The molecule has 0 radical (unpaired) electrons. The summed E-state index contributed by atoms with van der Waals surface area (Å²) in [5.41, 5.74) is 4.82. The first-order valence-corrected chi connectivity index (χ1v) is 9.20. The standard InChI is InChI=1S/C19H21BrN4O/c20-18-5-3-15(4-6-18)14-24-10-7-17(8-11-24)19(25)23-22-13-16-2-1-9-21-12-16/h1-6,9,12-13,17H,7-8,10-11,14H2,(H,23,25)/b22-13+. The lowest BCUT2D eigenvalue weighted by Crippen LogP contribution is -2.39. The Kier molecular flexibility index (Phi) is 6.30. The van der Waals surface area contributed by atoms with E-state index in [-0.39, 0.29) is 11.8 Å². The molecule has 25 heavy (non-hydrogen) atoms. The molecule has 2 heterocycles. The molecule has 1 N–H and O–H groups in total. The summed E-state index contributed by atoms with van der Waals surface area (Å²) in [6.07, 6.45) is 6.76. The summed E-state index contributed by atoms with van der Waals surface area (Å²) in [5.74, 6) is 0.0376. The highest BCUT2D eigenvalue weighted by Gasteiger charge is 2.24. The van der Waals surface area contributed by atoms with E-state index in [0.29, 0.717) is 0 Å². The predicted molar refractivity (Wildman–Crippen MR) is 102 cm³/mol. The largest absolute Gasteiger partial charge is 0.299 e. The maximum absolute atomic E-state index is 12.2. The molecule has 1 amide bonds. The molecule has 0 unspecified atom stereocenters. The van der Waals surface area contributed by atoms with E-state index in [1.165, 1.54) is 5.56 Å². The summed E-state index contributed by atoms with van der Waals surface area (Å²) in [6.45, 7) is 2.79. The number of amides is 1. The third kappa shape index (κ3) is 5.47. The van der Waals surface area contributed by atoms with Gasteiger partial charge in [0.15, 0.2) is 0 Å². The predicted octanol–water partition coefficient (Wildman–Crippen LogP) is 3.21. The molecule has 0 atom stereocenters. The number of hydrazone groups is 1. The van der Waals surface area contributed by atoms with Crippen LogP contribution in [0, 0.1) is 5.92 Å². The van der Waals surface area contributed by atoms with Crippen LogP contribution in [0.5, 0.6) is 0 Å². The zero-order chi connectivity index (χ0) is 17.5. The minimum atomic E-state index is 0.00318. The van der Waals surface area contributed by atoms with Crippen LogP contribution in [0.4, 0.5) is 0 Å². The van der Waals surface area contributed by atoms with Gasteiger partial charge >= 0.3 is 0 Å². The van der Waals surface area contributed by atoms with Crippen molar-refractivity contribution in [2.45, 2.75) is 19.4 Å². The Balaban J connectivity index is 1.43. The van der Waals surface area contributed by atoms with Crippen LogP contribution in [-0.2, 0) is 11.3 Å². The molecule has 5 nitrogen and oxygen atoms in total. The number of hydrogen-bond donors (Lipinski definition) is 1. The normalized spacial score (nSPS) is 16.2. The number of piperidine rings is 1. The summed E-state index contributed by atoms with van der Waals surface area (Å²) >= 11 is 3.46. The van der Waals surface area contributed by atoms with Crippen molar-refractivity contribution in [2.24, 2.45) is 11.0 Å². The smallest absolute Gasteiger partial charge is 0.243 e. The number of halogens is 1. The number of benzene rings is 1. The molecule has 0 spiro atoms. The number of carbonyl (C=O) groups excluding carboxylic acids is 1. The van der Waals surface area contributed by atoms with E-state index in [2.05, 4.69) is 60.6 Å². The number of rotatable bonds is 5. The van der Waals surface area contributed by atoms with Crippen molar-refractivity contribution in [3.63, 3.8) is 0 Å². The molecule has 3 rings (SSSR count). The van der Waals surface area contributed by atoms with E-state index < -0.39 is 0 Å². The van der Waals surface area contributed by atoms with Crippen molar-refractivity contribution in [1.82, 2.24) is 15.3 Å². The van der Waals surface area contributed by atoms with Gasteiger partial charge in [-0.3, -0.25) is 14.7 Å². The number of likely N-dealkylation sites (tertiary alicyclic amines) is 1. The fourth-order valence-corrected chi connectivity index (χ4v) is 3.18. The van der Waals surface area contributed by atoms with Crippen LogP contribution in [0.15, 0.2) is 58.4 Å². The maximum Gasteiger partial charge on any atom is 0.243 e. The molecule has 1 fully saturated rings. The van der Waals surface area contributed by atoms with Gasteiger partial charge in [-0.25, -0.2) is 5.43 Å². The molecule has 130 valence electrons. The number of hydrogen-bond acceptors (Lipinski definition) is 4. The van der Waals surface area contributed by atoms with Crippen LogP contribution in [0.1, 0.15) is 24.0 Å². The zero-order valence-electron chi connectivity index (χ0n) is 13.9. The number of nitrogens with one attached hydrogen (secondary N) is 1. The van der Waals surface area contributed by atoms with Gasteiger partial charge in [-0.2, -0.15) is 5.10 Å². The lowest BCUT2D eigenvalue weighted by Gasteiger charge is -2.30. The second kappa shape index (κ2) is 8.87. The van der Waals surface area contributed by atoms with Gasteiger partial charge in [0.25, 0.3) is 0 Å². The van der Waals surface area contributed by atoms with Crippen LogP contribution in [0.2, 0.25) is 0 Å².